The highest BCUT2D eigenvalue weighted by Gasteiger charge is 2.12. The van der Waals surface area contributed by atoms with Crippen molar-refractivity contribution in [2.24, 2.45) is 5.73 Å². The number of nitrogens with one attached hydrogen (secondary N) is 2. The molecule has 2 aromatic carbocycles. The van der Waals surface area contributed by atoms with Crippen molar-refractivity contribution >= 4 is 28.9 Å². The van der Waals surface area contributed by atoms with E-state index >= 15 is 0 Å². The zero-order chi connectivity index (χ0) is 19.2. The minimum absolute atomic E-state index is 0.169. The van der Waals surface area contributed by atoms with Crippen molar-refractivity contribution in [3.63, 3.8) is 0 Å². The standard InChI is InChI=1S/C20H20N4O3/c1-13(20-23-16-4-2-3-5-17(16)24-20)22-19(26)11-8-14-6-9-15(10-7-14)27-12-18(21)25/h2-11,13H,12H2,1H3,(H2,21,25)(H,22,26)(H,23,24)/b11-8+. The monoisotopic (exact) mass is 364 g/mol. The van der Waals surface area contributed by atoms with E-state index in [0.29, 0.717) is 11.6 Å². The van der Waals surface area contributed by atoms with Gasteiger partial charge in [-0.1, -0.05) is 24.3 Å². The second-order valence-corrected chi connectivity index (χ2v) is 6.03. The van der Waals surface area contributed by atoms with Crippen LogP contribution in [0.5, 0.6) is 5.75 Å². The van der Waals surface area contributed by atoms with E-state index in [1.54, 1.807) is 30.3 Å². The molecule has 138 valence electrons. The third-order valence-electron chi connectivity index (χ3n) is 3.86. The van der Waals surface area contributed by atoms with E-state index in [-0.39, 0.29) is 18.6 Å². The number of nitrogens with two attached hydrogens (primary N) is 1. The molecular weight excluding hydrogens is 344 g/mol. The zero-order valence-electron chi connectivity index (χ0n) is 14.8. The third kappa shape index (κ3) is 4.94. The Morgan fingerprint density at radius 2 is 1.96 bits per heavy atom. The number of carbonyl (C=O) groups is 2. The van der Waals surface area contributed by atoms with E-state index < -0.39 is 5.91 Å². The van der Waals surface area contributed by atoms with Gasteiger partial charge < -0.3 is 20.8 Å². The van der Waals surface area contributed by atoms with Crippen LogP contribution in [-0.4, -0.2) is 28.4 Å². The number of aromatic amines is 1. The third-order valence-corrected chi connectivity index (χ3v) is 3.86. The maximum atomic E-state index is 12.1. The molecule has 0 aliphatic carbocycles. The molecule has 7 heteroatoms. The first-order chi connectivity index (χ1) is 13.0. The Labute approximate surface area is 156 Å². The quantitative estimate of drug-likeness (QED) is 0.559. The molecule has 1 unspecified atom stereocenters. The van der Waals surface area contributed by atoms with E-state index in [2.05, 4.69) is 15.3 Å². The van der Waals surface area contributed by atoms with E-state index in [9.17, 15) is 9.59 Å². The summed E-state index contributed by atoms with van der Waals surface area (Å²) in [5.41, 5.74) is 7.65. The predicted octanol–water partition coefficient (Wildman–Crippen LogP) is 2.32. The molecule has 0 radical (unpaired) electrons. The largest absolute Gasteiger partial charge is 0.484 e. The molecule has 0 saturated carbocycles. The van der Waals surface area contributed by atoms with E-state index in [1.165, 1.54) is 6.08 Å². The number of para-hydroxylation sites is 2. The lowest BCUT2D eigenvalue weighted by Crippen LogP contribution is -2.25. The van der Waals surface area contributed by atoms with Crippen LogP contribution in [0.4, 0.5) is 0 Å². The van der Waals surface area contributed by atoms with Gasteiger partial charge in [0.2, 0.25) is 5.91 Å². The molecule has 1 aromatic heterocycles. The van der Waals surface area contributed by atoms with Crippen molar-refractivity contribution < 1.29 is 14.3 Å². The van der Waals surface area contributed by atoms with Crippen molar-refractivity contribution in [1.82, 2.24) is 15.3 Å². The molecule has 1 heterocycles. The lowest BCUT2D eigenvalue weighted by atomic mass is 10.2. The van der Waals surface area contributed by atoms with Gasteiger partial charge >= 0.3 is 0 Å². The van der Waals surface area contributed by atoms with Crippen LogP contribution in [0.1, 0.15) is 24.4 Å². The first-order valence-electron chi connectivity index (χ1n) is 8.45. The van der Waals surface area contributed by atoms with Gasteiger partial charge in [-0.05, 0) is 42.8 Å². The topological polar surface area (TPSA) is 110 Å². The van der Waals surface area contributed by atoms with E-state index in [0.717, 1.165) is 16.6 Å². The Morgan fingerprint density at radius 3 is 2.67 bits per heavy atom. The van der Waals surface area contributed by atoms with E-state index in [4.69, 9.17) is 10.5 Å². The summed E-state index contributed by atoms with van der Waals surface area (Å²) in [5, 5.41) is 2.88. The van der Waals surface area contributed by atoms with Crippen molar-refractivity contribution in [2.75, 3.05) is 6.61 Å². The van der Waals surface area contributed by atoms with Gasteiger partial charge in [-0.15, -0.1) is 0 Å². The SMILES string of the molecule is CC(NC(=O)/C=C/c1ccc(OCC(N)=O)cc1)c1nc2ccccc2[nH]1. The second-order valence-electron chi connectivity index (χ2n) is 6.03. The first kappa shape index (κ1) is 18.2. The summed E-state index contributed by atoms with van der Waals surface area (Å²) in [7, 11) is 0. The molecule has 4 N–H and O–H groups in total. The summed E-state index contributed by atoms with van der Waals surface area (Å²) < 4.78 is 5.19. The van der Waals surface area contributed by atoms with Gasteiger partial charge in [0.05, 0.1) is 17.1 Å². The lowest BCUT2D eigenvalue weighted by Gasteiger charge is -2.09. The number of nitrogens with zero attached hydrogens (tertiary/aromatic N) is 1. The minimum atomic E-state index is -0.533. The summed E-state index contributed by atoms with van der Waals surface area (Å²) in [5.74, 6) is 0.481. The molecule has 3 aromatic rings. The fourth-order valence-corrected chi connectivity index (χ4v) is 2.51. The summed E-state index contributed by atoms with van der Waals surface area (Å²) in [6, 6.07) is 14.4. The van der Waals surface area contributed by atoms with Crippen molar-refractivity contribution in [2.45, 2.75) is 13.0 Å². The molecule has 0 aliphatic heterocycles. The van der Waals surface area contributed by atoms with Crippen molar-refractivity contribution in [3.8, 4) is 5.75 Å². The zero-order valence-corrected chi connectivity index (χ0v) is 14.8. The molecule has 0 aliphatic rings. The molecule has 0 spiro atoms. The summed E-state index contributed by atoms with van der Waals surface area (Å²) in [6.45, 7) is 1.70. The number of primary amides is 1. The molecule has 0 fully saturated rings. The maximum Gasteiger partial charge on any atom is 0.255 e. The van der Waals surface area contributed by atoms with Gasteiger partial charge in [0.25, 0.3) is 5.91 Å². The van der Waals surface area contributed by atoms with Crippen molar-refractivity contribution in [1.29, 1.82) is 0 Å². The number of benzene rings is 2. The molecule has 7 nitrogen and oxygen atoms in total. The first-order valence-corrected chi connectivity index (χ1v) is 8.45. The second kappa shape index (κ2) is 8.18. The van der Waals surface area contributed by atoms with Crippen LogP contribution in [0.2, 0.25) is 0 Å². The number of amides is 2. The Hall–Kier alpha value is -3.61. The molecule has 0 bridgehead atoms. The van der Waals surface area contributed by atoms with Crippen molar-refractivity contribution in [3.05, 3.63) is 66.0 Å². The number of fused-ring (bicyclic) bond motifs is 1. The summed E-state index contributed by atoms with van der Waals surface area (Å²) >= 11 is 0. The predicted molar refractivity (Wildman–Crippen MR) is 103 cm³/mol. The van der Waals surface area contributed by atoms with Gasteiger partial charge in [0, 0.05) is 6.08 Å². The smallest absolute Gasteiger partial charge is 0.255 e. The van der Waals surface area contributed by atoms with Crippen LogP contribution >= 0.6 is 0 Å². The highest BCUT2D eigenvalue weighted by atomic mass is 16.5. The number of aromatic nitrogens is 2. The number of imidazole rings is 1. The summed E-state index contributed by atoms with van der Waals surface area (Å²) in [4.78, 5) is 30.5. The molecule has 3 rings (SSSR count). The average Bonchev–Trinajstić information content (AvgIpc) is 3.10. The molecule has 1 atom stereocenters. The average molecular weight is 364 g/mol. The Bertz CT molecular complexity index is 943. The number of H-pyrrole nitrogens is 1. The van der Waals surface area contributed by atoms with E-state index in [1.807, 2.05) is 31.2 Å². The van der Waals surface area contributed by atoms with Gasteiger partial charge in [0.1, 0.15) is 11.6 Å². The van der Waals surface area contributed by atoms with Crippen LogP contribution < -0.4 is 15.8 Å². The van der Waals surface area contributed by atoms with Crippen LogP contribution in [0.15, 0.2) is 54.6 Å². The molecule has 27 heavy (non-hydrogen) atoms. The number of ether oxygens (including phenoxy) is 1. The van der Waals surface area contributed by atoms with Gasteiger partial charge in [-0.2, -0.15) is 0 Å². The number of rotatable bonds is 7. The summed E-state index contributed by atoms with van der Waals surface area (Å²) in [6.07, 6.45) is 3.15. The highest BCUT2D eigenvalue weighted by molar-refractivity contribution is 5.92. The molecule has 2 amide bonds. The van der Waals surface area contributed by atoms with Gasteiger partial charge in [-0.25, -0.2) is 4.98 Å². The molecule has 0 saturated heterocycles. The number of carbonyl (C=O) groups excluding carboxylic acids is 2. The minimum Gasteiger partial charge on any atom is -0.484 e. The lowest BCUT2D eigenvalue weighted by molar-refractivity contribution is -0.120. The van der Waals surface area contributed by atoms with Crippen LogP contribution in [0.3, 0.4) is 0 Å². The highest BCUT2D eigenvalue weighted by Crippen LogP contribution is 2.16. The van der Waals surface area contributed by atoms with Crippen LogP contribution in [0.25, 0.3) is 17.1 Å². The van der Waals surface area contributed by atoms with Crippen LogP contribution in [-0.2, 0) is 9.59 Å². The Balaban J connectivity index is 1.57. The maximum absolute atomic E-state index is 12.1. The Morgan fingerprint density at radius 1 is 1.22 bits per heavy atom. The fourth-order valence-electron chi connectivity index (χ4n) is 2.51. The normalized spacial score (nSPS) is 12.2. The Kier molecular flexibility index (Phi) is 5.51. The number of hydrogen-bond donors (Lipinski definition) is 3. The van der Waals surface area contributed by atoms with Crippen LogP contribution in [0, 0.1) is 0 Å². The number of hydrogen-bond acceptors (Lipinski definition) is 4. The van der Waals surface area contributed by atoms with Gasteiger partial charge in [-0.3, -0.25) is 9.59 Å². The molecular formula is C20H20N4O3. The fraction of sp³-hybridized carbons (Fsp3) is 0.150. The van der Waals surface area contributed by atoms with Gasteiger partial charge in [0.15, 0.2) is 6.61 Å².